The van der Waals surface area contributed by atoms with Gasteiger partial charge in [0, 0.05) is 13.2 Å². The summed E-state index contributed by atoms with van der Waals surface area (Å²) in [6.45, 7) is -1.60. The van der Waals surface area contributed by atoms with Gasteiger partial charge in [-0.05, 0) is 37.6 Å². The van der Waals surface area contributed by atoms with Crippen molar-refractivity contribution in [2.45, 2.75) is 19.4 Å². The smallest absolute Gasteiger partial charge is 0.125 e. The summed E-state index contributed by atoms with van der Waals surface area (Å²) in [6, 6.07) is 3.59. The summed E-state index contributed by atoms with van der Waals surface area (Å²) in [5.41, 5.74) is 0.265. The first-order chi connectivity index (χ1) is 13.3. The van der Waals surface area contributed by atoms with Crippen molar-refractivity contribution >= 4 is 0 Å². The van der Waals surface area contributed by atoms with Gasteiger partial charge in [-0.25, -0.2) is 0 Å². The Kier molecular flexibility index (Phi) is 2.08. The van der Waals surface area contributed by atoms with Crippen LogP contribution in [0.5, 0.6) is 5.75 Å². The Labute approximate surface area is 129 Å². The van der Waals surface area contributed by atoms with Gasteiger partial charge in [0.1, 0.15) is 11.9 Å². The summed E-state index contributed by atoms with van der Waals surface area (Å²) in [7, 11) is 0. The lowest BCUT2D eigenvalue weighted by Gasteiger charge is -2.20. The van der Waals surface area contributed by atoms with E-state index in [2.05, 4.69) is 5.32 Å². The van der Waals surface area contributed by atoms with Crippen molar-refractivity contribution in [2.24, 2.45) is 0 Å². The van der Waals surface area contributed by atoms with Crippen LogP contribution in [0.25, 0.3) is 0 Å². The van der Waals surface area contributed by atoms with E-state index in [4.69, 9.17) is 18.4 Å². The maximum atomic E-state index is 8.40. The molecule has 0 radical (unpaired) electrons. The van der Waals surface area contributed by atoms with E-state index in [1.165, 1.54) is 0 Å². The van der Waals surface area contributed by atoms with Gasteiger partial charge in [0.05, 0.1) is 6.85 Å². The van der Waals surface area contributed by atoms with Gasteiger partial charge in [-0.2, -0.15) is 0 Å². The van der Waals surface area contributed by atoms with Crippen molar-refractivity contribution in [3.8, 4) is 5.75 Å². The number of aryl methyl sites for hydroxylation is 1. The summed E-state index contributed by atoms with van der Waals surface area (Å²) < 4.78 is 84.2. The normalized spacial score (nSPS) is 21.1. The molecule has 1 unspecified atom stereocenters. The second-order valence-electron chi connectivity index (χ2n) is 3.86. The molecule has 2 nitrogen and oxygen atoms in total. The summed E-state index contributed by atoms with van der Waals surface area (Å²) >= 11 is 0. The molecule has 0 aliphatic heterocycles. The fourth-order valence-corrected chi connectivity index (χ4v) is 1.55. The van der Waals surface area contributed by atoms with Crippen molar-refractivity contribution in [2.75, 3.05) is 13.5 Å². The van der Waals surface area contributed by atoms with Crippen LogP contribution in [0.1, 0.15) is 37.3 Å². The molecule has 0 fully saturated rings. The van der Waals surface area contributed by atoms with E-state index in [0.717, 1.165) is 0 Å². The maximum Gasteiger partial charge on any atom is 0.125 e. The van der Waals surface area contributed by atoms with Crippen LogP contribution < -0.4 is 10.1 Å². The zero-order chi connectivity index (χ0) is 22.1. The van der Waals surface area contributed by atoms with Gasteiger partial charge < -0.3 is 10.1 Å². The molecular formula is C17H21NO. The molecule has 0 heterocycles. The van der Waals surface area contributed by atoms with Gasteiger partial charge in [0.25, 0.3) is 0 Å². The average molecular weight is 265 g/mol. The standard InChI is InChI=1S/C17H21NO/c1-14-8-6-7-11-16(14)19-17(12-13-18-2)15-9-4-3-5-10-15/h3-11,17-18H,12-13H2,1-2H3/i2D3,3D,4D,5D,9D,10D,12D2. The molecule has 0 bridgehead atoms. The monoisotopic (exact) mass is 265 g/mol. The molecule has 2 rings (SSSR count). The van der Waals surface area contributed by atoms with Gasteiger partial charge in [-0.1, -0.05) is 48.4 Å². The van der Waals surface area contributed by atoms with Crippen LogP contribution in [-0.2, 0) is 0 Å². The Morgan fingerprint density at radius 1 is 1.32 bits per heavy atom. The summed E-state index contributed by atoms with van der Waals surface area (Å²) in [5.74, 6) is 0.252. The first kappa shape index (κ1) is 5.68. The van der Waals surface area contributed by atoms with Crippen molar-refractivity contribution in [3.05, 3.63) is 65.6 Å². The average Bonchev–Trinajstić information content (AvgIpc) is 2.63. The number of hydrogen-bond acceptors (Lipinski definition) is 2. The largest absolute Gasteiger partial charge is 0.485 e. The highest BCUT2D eigenvalue weighted by molar-refractivity contribution is 5.33. The first-order valence-electron chi connectivity index (χ1n) is 10.8. The Morgan fingerprint density at radius 3 is 2.84 bits per heavy atom. The third-order valence-electron chi connectivity index (χ3n) is 2.50. The lowest BCUT2D eigenvalue weighted by atomic mass is 10.1. The Balaban J connectivity index is 2.64. The molecule has 0 aromatic heterocycles. The van der Waals surface area contributed by atoms with Crippen LogP contribution in [0.3, 0.4) is 0 Å². The molecule has 0 amide bonds. The van der Waals surface area contributed by atoms with Gasteiger partial charge in [0.15, 0.2) is 0 Å². The van der Waals surface area contributed by atoms with Crippen molar-refractivity contribution in [1.29, 1.82) is 0 Å². The Morgan fingerprint density at radius 2 is 2.11 bits per heavy atom. The molecule has 0 saturated carbocycles. The van der Waals surface area contributed by atoms with Gasteiger partial charge >= 0.3 is 0 Å². The van der Waals surface area contributed by atoms with E-state index in [0.29, 0.717) is 5.56 Å². The van der Waals surface area contributed by atoms with Crippen molar-refractivity contribution < 1.29 is 18.4 Å². The van der Waals surface area contributed by atoms with Crippen molar-refractivity contribution in [3.63, 3.8) is 0 Å². The minimum absolute atomic E-state index is 0.252. The fraction of sp³-hybridized carbons (Fsp3) is 0.294. The quantitative estimate of drug-likeness (QED) is 0.859. The molecule has 0 spiro atoms. The number of rotatable bonds is 6. The third kappa shape index (κ3) is 3.83. The summed E-state index contributed by atoms with van der Waals surface area (Å²) in [5, 5.41) is 2.08. The zero-order valence-electron chi connectivity index (χ0n) is 20.5. The zero-order valence-corrected chi connectivity index (χ0v) is 10.5. The lowest BCUT2D eigenvalue weighted by Crippen LogP contribution is -2.16. The van der Waals surface area contributed by atoms with E-state index in [1.807, 2.05) is 0 Å². The molecule has 2 heteroatoms. The van der Waals surface area contributed by atoms with Crippen LogP contribution in [0.4, 0.5) is 0 Å². The fourth-order valence-electron chi connectivity index (χ4n) is 1.55. The van der Waals surface area contributed by atoms with E-state index < -0.39 is 56.2 Å². The Hall–Kier alpha value is -1.80. The predicted octanol–water partition coefficient (Wildman–Crippen LogP) is 3.72. The SMILES string of the molecule is [2H]c1c([2H])c([2H])c(C(Oc2ccccc2C)C([2H])([2H])CNC([2H])([2H])[2H])c([2H])c1[2H]. The number of hydrogen-bond donors (Lipinski definition) is 1. The van der Waals surface area contributed by atoms with Gasteiger partial charge in [0.2, 0.25) is 0 Å². The second-order valence-corrected chi connectivity index (χ2v) is 3.86. The first-order valence-corrected chi connectivity index (χ1v) is 5.80. The van der Waals surface area contributed by atoms with Crippen molar-refractivity contribution in [1.82, 2.24) is 5.32 Å². The molecule has 1 atom stereocenters. The van der Waals surface area contributed by atoms with Gasteiger partial charge in [-0.15, -0.1) is 0 Å². The van der Waals surface area contributed by atoms with E-state index >= 15 is 0 Å². The Bertz CT molecular complexity index is 868. The molecule has 19 heavy (non-hydrogen) atoms. The summed E-state index contributed by atoms with van der Waals surface area (Å²) in [4.78, 5) is 0. The molecule has 100 valence electrons. The number of nitrogens with one attached hydrogen (secondary N) is 1. The molecule has 2 aromatic carbocycles. The lowest BCUT2D eigenvalue weighted by molar-refractivity contribution is 0.193. The molecular weight excluding hydrogens is 234 g/mol. The van der Waals surface area contributed by atoms with Crippen LogP contribution in [-0.4, -0.2) is 13.5 Å². The molecule has 0 saturated heterocycles. The van der Waals surface area contributed by atoms with Gasteiger partial charge in [-0.3, -0.25) is 0 Å². The van der Waals surface area contributed by atoms with Crippen LogP contribution in [0, 0.1) is 6.92 Å². The topological polar surface area (TPSA) is 21.3 Å². The van der Waals surface area contributed by atoms with E-state index in [9.17, 15) is 0 Å². The number of para-hydroxylation sites is 1. The van der Waals surface area contributed by atoms with E-state index in [1.54, 1.807) is 31.2 Å². The van der Waals surface area contributed by atoms with Crippen LogP contribution >= 0.6 is 0 Å². The number of ether oxygens (including phenoxy) is 1. The molecule has 0 aliphatic rings. The molecule has 1 N–H and O–H groups in total. The number of benzene rings is 2. The highest BCUT2D eigenvalue weighted by Gasteiger charge is 2.13. The minimum atomic E-state index is -2.62. The van der Waals surface area contributed by atoms with E-state index in [-0.39, 0.29) is 11.3 Å². The van der Waals surface area contributed by atoms with Crippen LogP contribution in [0.2, 0.25) is 0 Å². The highest BCUT2D eigenvalue weighted by Crippen LogP contribution is 2.26. The second kappa shape index (κ2) is 6.95. The predicted molar refractivity (Wildman–Crippen MR) is 79.5 cm³/mol. The molecule has 0 aliphatic carbocycles. The minimum Gasteiger partial charge on any atom is -0.485 e. The highest BCUT2D eigenvalue weighted by atomic mass is 16.5. The van der Waals surface area contributed by atoms with Crippen LogP contribution in [0.15, 0.2) is 54.5 Å². The molecule has 2 aromatic rings. The third-order valence-corrected chi connectivity index (χ3v) is 2.50. The maximum absolute atomic E-state index is 8.40. The summed E-state index contributed by atoms with van der Waals surface area (Å²) in [6.07, 6.45) is -4.09.